The van der Waals surface area contributed by atoms with Crippen molar-refractivity contribution in [3.05, 3.63) is 48.5 Å². The number of anilines is 1. The van der Waals surface area contributed by atoms with E-state index in [0.717, 1.165) is 4.90 Å². The minimum atomic E-state index is -3.71. The zero-order valence-electron chi connectivity index (χ0n) is 16.4. The fourth-order valence-corrected chi connectivity index (χ4v) is 3.81. The van der Waals surface area contributed by atoms with Gasteiger partial charge in [-0.15, -0.1) is 11.8 Å². The van der Waals surface area contributed by atoms with E-state index in [2.05, 4.69) is 10.0 Å². The summed E-state index contributed by atoms with van der Waals surface area (Å²) in [5.74, 6) is 0.570. The van der Waals surface area contributed by atoms with E-state index < -0.39 is 16.1 Å². The second kappa shape index (κ2) is 9.84. The van der Waals surface area contributed by atoms with Crippen LogP contribution >= 0.6 is 11.8 Å². The number of carbonyl (C=O) groups is 1. The lowest BCUT2D eigenvalue weighted by Gasteiger charge is -2.16. The smallest absolute Gasteiger partial charge is 0.261 e. The van der Waals surface area contributed by atoms with Crippen molar-refractivity contribution in [3.8, 4) is 5.75 Å². The van der Waals surface area contributed by atoms with Crippen molar-refractivity contribution in [2.45, 2.75) is 36.7 Å². The van der Waals surface area contributed by atoms with E-state index in [-0.39, 0.29) is 10.8 Å². The number of rotatable bonds is 9. The summed E-state index contributed by atoms with van der Waals surface area (Å²) in [5.41, 5.74) is 0.502. The largest absolute Gasteiger partial charge is 0.481 e. The molecule has 0 unspecified atom stereocenters. The molecule has 1 amide bonds. The first-order valence-electron chi connectivity index (χ1n) is 8.92. The molecule has 0 aromatic heterocycles. The lowest BCUT2D eigenvalue weighted by atomic mass is 10.2. The Balaban J connectivity index is 2.03. The number of thioether (sulfide) groups is 1. The highest BCUT2D eigenvalue weighted by Gasteiger charge is 2.17. The SMILES string of the molecule is CSc1cccc(NS(=O)(=O)c2ccc(O[C@@H](C)C(=O)NCC(C)C)cc2)c1. The van der Waals surface area contributed by atoms with Gasteiger partial charge in [-0.2, -0.15) is 0 Å². The highest BCUT2D eigenvalue weighted by Crippen LogP contribution is 2.23. The van der Waals surface area contributed by atoms with E-state index >= 15 is 0 Å². The Hall–Kier alpha value is -2.19. The maximum absolute atomic E-state index is 12.6. The number of hydrogen-bond donors (Lipinski definition) is 2. The maximum Gasteiger partial charge on any atom is 0.261 e. The van der Waals surface area contributed by atoms with Crippen molar-refractivity contribution in [3.63, 3.8) is 0 Å². The molecule has 0 aliphatic carbocycles. The average Bonchev–Trinajstić information content (AvgIpc) is 2.66. The van der Waals surface area contributed by atoms with Gasteiger partial charge in [-0.05, 0) is 61.6 Å². The van der Waals surface area contributed by atoms with Crippen LogP contribution in [0.3, 0.4) is 0 Å². The summed E-state index contributed by atoms with van der Waals surface area (Å²) in [6.45, 7) is 6.25. The molecule has 0 saturated carbocycles. The third kappa shape index (κ3) is 6.45. The Kier molecular flexibility index (Phi) is 7.77. The zero-order chi connectivity index (χ0) is 20.7. The van der Waals surface area contributed by atoms with Gasteiger partial charge >= 0.3 is 0 Å². The predicted molar refractivity (Wildman–Crippen MR) is 113 cm³/mol. The molecule has 6 nitrogen and oxygen atoms in total. The second-order valence-corrected chi connectivity index (χ2v) is 9.27. The van der Waals surface area contributed by atoms with Crippen molar-refractivity contribution in [1.29, 1.82) is 0 Å². The monoisotopic (exact) mass is 422 g/mol. The first kappa shape index (κ1) is 22.1. The van der Waals surface area contributed by atoms with Crippen LogP contribution in [0.25, 0.3) is 0 Å². The molecule has 152 valence electrons. The number of benzene rings is 2. The van der Waals surface area contributed by atoms with Crippen molar-refractivity contribution >= 4 is 33.4 Å². The van der Waals surface area contributed by atoms with E-state index in [1.165, 1.54) is 23.9 Å². The highest BCUT2D eigenvalue weighted by molar-refractivity contribution is 7.98. The van der Waals surface area contributed by atoms with Gasteiger partial charge in [-0.25, -0.2) is 8.42 Å². The Morgan fingerprint density at radius 2 is 1.79 bits per heavy atom. The lowest BCUT2D eigenvalue weighted by molar-refractivity contribution is -0.127. The maximum atomic E-state index is 12.6. The summed E-state index contributed by atoms with van der Waals surface area (Å²) in [5, 5.41) is 2.80. The van der Waals surface area contributed by atoms with Crippen LogP contribution < -0.4 is 14.8 Å². The number of amides is 1. The molecular formula is C20H26N2O4S2. The van der Waals surface area contributed by atoms with Crippen LogP contribution in [0.4, 0.5) is 5.69 Å². The fraction of sp³-hybridized carbons (Fsp3) is 0.350. The van der Waals surface area contributed by atoms with E-state index in [4.69, 9.17) is 4.74 Å². The summed E-state index contributed by atoms with van der Waals surface area (Å²) in [6, 6.07) is 13.2. The zero-order valence-corrected chi connectivity index (χ0v) is 18.1. The van der Waals surface area contributed by atoms with Crippen molar-refractivity contribution in [1.82, 2.24) is 5.32 Å². The van der Waals surface area contributed by atoms with Gasteiger partial charge < -0.3 is 10.1 Å². The van der Waals surface area contributed by atoms with Crippen LogP contribution in [0.5, 0.6) is 5.75 Å². The molecule has 28 heavy (non-hydrogen) atoms. The molecule has 2 aromatic rings. The van der Waals surface area contributed by atoms with Crippen LogP contribution in [-0.2, 0) is 14.8 Å². The Morgan fingerprint density at radius 1 is 1.11 bits per heavy atom. The molecule has 0 aliphatic rings. The van der Waals surface area contributed by atoms with Gasteiger partial charge in [0.15, 0.2) is 6.10 Å². The van der Waals surface area contributed by atoms with Crippen molar-refractivity contribution in [2.24, 2.45) is 5.92 Å². The number of nitrogens with one attached hydrogen (secondary N) is 2. The third-order valence-corrected chi connectivity index (χ3v) is 5.95. The molecule has 0 fully saturated rings. The molecule has 0 spiro atoms. The molecule has 0 bridgehead atoms. The second-order valence-electron chi connectivity index (χ2n) is 6.71. The highest BCUT2D eigenvalue weighted by atomic mass is 32.2. The van der Waals surface area contributed by atoms with Crippen molar-refractivity contribution < 1.29 is 17.9 Å². The van der Waals surface area contributed by atoms with E-state index in [1.54, 1.807) is 37.3 Å². The molecule has 1 atom stereocenters. The van der Waals surface area contributed by atoms with Crippen LogP contribution in [-0.4, -0.2) is 33.2 Å². The van der Waals surface area contributed by atoms with Crippen LogP contribution in [0.15, 0.2) is 58.3 Å². The predicted octanol–water partition coefficient (Wildman–Crippen LogP) is 3.75. The Morgan fingerprint density at radius 3 is 2.39 bits per heavy atom. The van der Waals surface area contributed by atoms with Crippen LogP contribution in [0, 0.1) is 5.92 Å². The number of hydrogen-bond acceptors (Lipinski definition) is 5. The first-order chi connectivity index (χ1) is 13.2. The Bertz CT molecular complexity index is 897. The minimum Gasteiger partial charge on any atom is -0.481 e. The standard InChI is InChI=1S/C20H26N2O4S2/c1-14(2)13-21-20(23)15(3)26-17-8-10-19(11-9-17)28(24,25)22-16-6-5-7-18(12-16)27-4/h5-12,14-15,22H,13H2,1-4H3,(H,21,23)/t15-/m0/s1. The summed E-state index contributed by atoms with van der Waals surface area (Å²) >= 11 is 1.54. The number of carbonyl (C=O) groups excluding carboxylic acids is 1. The van der Waals surface area contributed by atoms with E-state index in [9.17, 15) is 13.2 Å². The summed E-state index contributed by atoms with van der Waals surface area (Å²) in [6.07, 6.45) is 1.25. The fourth-order valence-electron chi connectivity index (χ4n) is 2.30. The van der Waals surface area contributed by atoms with E-state index in [1.807, 2.05) is 26.2 Å². The van der Waals surface area contributed by atoms with Crippen molar-refractivity contribution in [2.75, 3.05) is 17.5 Å². The molecule has 0 heterocycles. The molecule has 0 saturated heterocycles. The normalized spacial score (nSPS) is 12.5. The van der Waals surface area contributed by atoms with Crippen LogP contribution in [0.1, 0.15) is 20.8 Å². The number of sulfonamides is 1. The van der Waals surface area contributed by atoms with Gasteiger partial charge in [-0.1, -0.05) is 19.9 Å². The topological polar surface area (TPSA) is 84.5 Å². The van der Waals surface area contributed by atoms with Gasteiger partial charge in [0, 0.05) is 17.1 Å². The molecule has 0 radical (unpaired) electrons. The lowest BCUT2D eigenvalue weighted by Crippen LogP contribution is -2.38. The van der Waals surface area contributed by atoms with Gasteiger partial charge in [0.25, 0.3) is 15.9 Å². The molecule has 0 aliphatic heterocycles. The molecule has 2 N–H and O–H groups in total. The minimum absolute atomic E-state index is 0.117. The summed E-state index contributed by atoms with van der Waals surface area (Å²) < 4.78 is 33.3. The van der Waals surface area contributed by atoms with Crippen LogP contribution in [0.2, 0.25) is 0 Å². The molecule has 2 rings (SSSR count). The molecular weight excluding hydrogens is 396 g/mol. The molecule has 2 aromatic carbocycles. The Labute approximate surface area is 171 Å². The number of ether oxygens (including phenoxy) is 1. The quantitative estimate of drug-likeness (QED) is 0.601. The van der Waals surface area contributed by atoms with Gasteiger partial charge in [0.05, 0.1) is 4.90 Å². The van der Waals surface area contributed by atoms with Gasteiger partial charge in [0.2, 0.25) is 0 Å². The van der Waals surface area contributed by atoms with Gasteiger partial charge in [0.1, 0.15) is 5.75 Å². The average molecular weight is 423 g/mol. The summed E-state index contributed by atoms with van der Waals surface area (Å²) in [7, 11) is -3.71. The molecule has 8 heteroatoms. The van der Waals surface area contributed by atoms with E-state index in [0.29, 0.717) is 23.9 Å². The third-order valence-electron chi connectivity index (χ3n) is 3.82. The summed E-state index contributed by atoms with van der Waals surface area (Å²) in [4.78, 5) is 13.1. The first-order valence-corrected chi connectivity index (χ1v) is 11.6. The van der Waals surface area contributed by atoms with Gasteiger partial charge in [-0.3, -0.25) is 9.52 Å².